The van der Waals surface area contributed by atoms with Gasteiger partial charge in [0.05, 0.1) is 11.6 Å². The summed E-state index contributed by atoms with van der Waals surface area (Å²) in [7, 11) is 4.04. The molecule has 0 aliphatic heterocycles. The van der Waals surface area contributed by atoms with Gasteiger partial charge in [0.15, 0.2) is 0 Å². The number of amides is 1. The van der Waals surface area contributed by atoms with Crippen molar-refractivity contribution >= 4 is 17.2 Å². The molecule has 3 rings (SSSR count). The molecule has 0 saturated carbocycles. The number of nitrogens with zero attached hydrogens (tertiary/aromatic N) is 2. The molecule has 0 spiro atoms. The number of carbonyl (C=O) groups is 1. The van der Waals surface area contributed by atoms with E-state index in [1.54, 1.807) is 23.7 Å². The van der Waals surface area contributed by atoms with Gasteiger partial charge < -0.3 is 15.2 Å². The molecular weight excluding hydrogens is 320 g/mol. The molecule has 2 aromatic heterocycles. The first kappa shape index (κ1) is 16.4. The average Bonchev–Trinajstić information content (AvgIpc) is 3.28. The maximum atomic E-state index is 12.7. The van der Waals surface area contributed by atoms with Crippen LogP contribution < -0.4 is 5.32 Å². The fraction of sp³-hybridized carbons (Fsp3) is 0.222. The van der Waals surface area contributed by atoms with Crippen LogP contribution in [0, 0.1) is 0 Å². The molecule has 2 heterocycles. The third-order valence-electron chi connectivity index (χ3n) is 3.88. The van der Waals surface area contributed by atoms with Gasteiger partial charge in [0, 0.05) is 29.4 Å². The number of benzene rings is 1. The Bertz CT molecular complexity index is 781. The van der Waals surface area contributed by atoms with E-state index in [-0.39, 0.29) is 11.9 Å². The number of nitrogens with one attached hydrogen (secondary N) is 2. The van der Waals surface area contributed by atoms with Crippen molar-refractivity contribution in [1.29, 1.82) is 0 Å². The van der Waals surface area contributed by atoms with E-state index in [9.17, 15) is 4.79 Å². The largest absolute Gasteiger partial charge is 0.350 e. The van der Waals surface area contributed by atoms with Gasteiger partial charge in [-0.3, -0.25) is 4.79 Å². The molecule has 0 saturated heterocycles. The van der Waals surface area contributed by atoms with Gasteiger partial charge in [-0.05, 0) is 31.6 Å². The van der Waals surface area contributed by atoms with Crippen LogP contribution in [0.5, 0.6) is 0 Å². The predicted molar refractivity (Wildman–Crippen MR) is 97.1 cm³/mol. The number of carbonyl (C=O) groups excluding carboxylic acids is 1. The molecule has 0 fully saturated rings. The van der Waals surface area contributed by atoms with Gasteiger partial charge in [0.1, 0.15) is 5.82 Å². The lowest BCUT2D eigenvalue weighted by Gasteiger charge is -2.23. The zero-order valence-electron chi connectivity index (χ0n) is 13.7. The van der Waals surface area contributed by atoms with Crippen LogP contribution >= 0.6 is 11.3 Å². The smallest absolute Gasteiger partial charge is 0.252 e. The first-order valence-electron chi connectivity index (χ1n) is 7.73. The Hall–Kier alpha value is -2.44. The Kier molecular flexibility index (Phi) is 5.08. The third-order valence-corrected chi connectivity index (χ3v) is 4.85. The first-order chi connectivity index (χ1) is 11.7. The lowest BCUT2D eigenvalue weighted by atomic mass is 10.1. The van der Waals surface area contributed by atoms with E-state index in [4.69, 9.17) is 0 Å². The van der Waals surface area contributed by atoms with Crippen LogP contribution in [0.15, 0.2) is 54.2 Å². The molecule has 0 aliphatic rings. The van der Waals surface area contributed by atoms with E-state index in [1.165, 1.54) is 4.88 Å². The van der Waals surface area contributed by atoms with E-state index in [0.29, 0.717) is 17.9 Å². The average molecular weight is 340 g/mol. The number of aromatic nitrogens is 2. The van der Waals surface area contributed by atoms with Crippen LogP contribution in [0.2, 0.25) is 0 Å². The summed E-state index contributed by atoms with van der Waals surface area (Å²) in [4.78, 5) is 23.3. The van der Waals surface area contributed by atoms with E-state index in [0.717, 1.165) is 5.56 Å². The summed E-state index contributed by atoms with van der Waals surface area (Å²) in [6.07, 6.45) is 3.44. The van der Waals surface area contributed by atoms with Gasteiger partial charge in [-0.2, -0.15) is 0 Å². The molecule has 1 atom stereocenters. The van der Waals surface area contributed by atoms with Crippen LogP contribution in [0.1, 0.15) is 21.3 Å². The first-order valence-corrected chi connectivity index (χ1v) is 8.61. The maximum absolute atomic E-state index is 12.7. The monoisotopic (exact) mass is 340 g/mol. The molecule has 1 aromatic carbocycles. The van der Waals surface area contributed by atoms with Crippen molar-refractivity contribution in [3.05, 3.63) is 64.6 Å². The molecule has 24 heavy (non-hydrogen) atoms. The molecular formula is C18H20N4OS. The normalized spacial score (nSPS) is 12.3. The van der Waals surface area contributed by atoms with Gasteiger partial charge in [-0.25, -0.2) is 4.98 Å². The van der Waals surface area contributed by atoms with Gasteiger partial charge in [-0.15, -0.1) is 11.3 Å². The number of imidazole rings is 1. The summed E-state index contributed by atoms with van der Waals surface area (Å²) in [5.74, 6) is 0.605. The second-order valence-corrected chi connectivity index (χ2v) is 6.67. The van der Waals surface area contributed by atoms with Crippen LogP contribution in [0.4, 0.5) is 0 Å². The second-order valence-electron chi connectivity index (χ2n) is 5.69. The fourth-order valence-corrected chi connectivity index (χ4v) is 3.53. The Morgan fingerprint density at radius 1 is 1.29 bits per heavy atom. The number of likely N-dealkylation sites (N-methyl/N-ethyl adjacent to an activating group) is 1. The van der Waals surface area contributed by atoms with Crippen molar-refractivity contribution in [1.82, 2.24) is 20.2 Å². The Morgan fingerprint density at radius 3 is 2.79 bits per heavy atom. The standard InChI is InChI=1S/C18H20N4OS/c1-22(2)15(16-8-5-11-24-16)12-21-18(23)14-7-4-3-6-13(14)17-19-9-10-20-17/h3-11,15H,12H2,1-2H3,(H,19,20)(H,21,23). The Balaban J connectivity index is 1.76. The van der Waals surface area contributed by atoms with Crippen molar-refractivity contribution < 1.29 is 4.79 Å². The Morgan fingerprint density at radius 2 is 2.12 bits per heavy atom. The van der Waals surface area contributed by atoms with Crippen LogP contribution in [0.25, 0.3) is 11.4 Å². The molecule has 124 valence electrons. The van der Waals surface area contributed by atoms with Gasteiger partial charge >= 0.3 is 0 Å². The van der Waals surface area contributed by atoms with E-state index in [1.807, 2.05) is 44.4 Å². The highest BCUT2D eigenvalue weighted by molar-refractivity contribution is 7.10. The highest BCUT2D eigenvalue weighted by Crippen LogP contribution is 2.23. The van der Waals surface area contributed by atoms with Crippen molar-refractivity contribution in [2.45, 2.75) is 6.04 Å². The SMILES string of the molecule is CN(C)C(CNC(=O)c1ccccc1-c1ncc[nH]1)c1cccs1. The number of H-pyrrole nitrogens is 1. The minimum absolute atomic E-state index is 0.0922. The topological polar surface area (TPSA) is 61.0 Å². The highest BCUT2D eigenvalue weighted by Gasteiger charge is 2.18. The Labute approximate surface area is 145 Å². The summed E-state index contributed by atoms with van der Waals surface area (Å²) >= 11 is 1.70. The maximum Gasteiger partial charge on any atom is 0.252 e. The summed E-state index contributed by atoms with van der Waals surface area (Å²) in [5, 5.41) is 5.11. The molecule has 1 unspecified atom stereocenters. The molecule has 1 amide bonds. The van der Waals surface area contributed by atoms with Crippen LogP contribution in [-0.2, 0) is 0 Å². The quantitative estimate of drug-likeness (QED) is 0.724. The summed E-state index contributed by atoms with van der Waals surface area (Å²) in [5.41, 5.74) is 1.42. The van der Waals surface area contributed by atoms with Crippen molar-refractivity contribution in [2.24, 2.45) is 0 Å². The summed E-state index contributed by atoms with van der Waals surface area (Å²) in [6.45, 7) is 0.554. The van der Waals surface area contributed by atoms with Crippen molar-refractivity contribution in [2.75, 3.05) is 20.6 Å². The zero-order valence-corrected chi connectivity index (χ0v) is 14.5. The van der Waals surface area contributed by atoms with Crippen LogP contribution in [-0.4, -0.2) is 41.4 Å². The molecule has 0 radical (unpaired) electrons. The molecule has 5 nitrogen and oxygen atoms in total. The zero-order chi connectivity index (χ0) is 16.9. The number of hydrogen-bond donors (Lipinski definition) is 2. The van der Waals surface area contributed by atoms with Gasteiger partial charge in [0.25, 0.3) is 5.91 Å². The number of thiophene rings is 1. The molecule has 0 bridgehead atoms. The minimum Gasteiger partial charge on any atom is -0.350 e. The fourth-order valence-electron chi connectivity index (χ4n) is 2.60. The second kappa shape index (κ2) is 7.42. The van der Waals surface area contributed by atoms with Crippen molar-refractivity contribution in [3.63, 3.8) is 0 Å². The molecule has 6 heteroatoms. The third kappa shape index (κ3) is 3.55. The van der Waals surface area contributed by atoms with E-state index >= 15 is 0 Å². The number of hydrogen-bond acceptors (Lipinski definition) is 4. The minimum atomic E-state index is -0.0922. The molecule has 2 N–H and O–H groups in total. The van der Waals surface area contributed by atoms with Crippen LogP contribution in [0.3, 0.4) is 0 Å². The van der Waals surface area contributed by atoms with Crippen molar-refractivity contribution in [3.8, 4) is 11.4 Å². The summed E-state index contributed by atoms with van der Waals surface area (Å²) in [6, 6.07) is 11.8. The lowest BCUT2D eigenvalue weighted by molar-refractivity contribution is 0.0943. The number of rotatable bonds is 6. The number of aromatic amines is 1. The highest BCUT2D eigenvalue weighted by atomic mass is 32.1. The molecule has 0 aliphatic carbocycles. The van der Waals surface area contributed by atoms with Gasteiger partial charge in [0.2, 0.25) is 0 Å². The van der Waals surface area contributed by atoms with E-state index < -0.39 is 0 Å². The summed E-state index contributed by atoms with van der Waals surface area (Å²) < 4.78 is 0. The van der Waals surface area contributed by atoms with E-state index in [2.05, 4.69) is 31.6 Å². The molecule has 3 aromatic rings. The lowest BCUT2D eigenvalue weighted by Crippen LogP contribution is -2.34. The van der Waals surface area contributed by atoms with Gasteiger partial charge in [-0.1, -0.05) is 24.3 Å². The predicted octanol–water partition coefficient (Wildman–Crippen LogP) is 3.17.